The number of rotatable bonds is 9. The quantitative estimate of drug-likeness (QED) is 0.283. The van der Waals surface area contributed by atoms with E-state index in [0.29, 0.717) is 53.8 Å². The molecule has 38 heavy (non-hydrogen) atoms. The minimum atomic E-state index is -4.31. The van der Waals surface area contributed by atoms with E-state index in [0.717, 1.165) is 38.5 Å². The number of amides is 1. The van der Waals surface area contributed by atoms with Crippen molar-refractivity contribution in [2.45, 2.75) is 104 Å². The minimum absolute atomic E-state index is 0. The predicted molar refractivity (Wildman–Crippen MR) is 142 cm³/mol. The van der Waals surface area contributed by atoms with Crippen LogP contribution in [0.2, 0.25) is 0 Å². The molecule has 214 valence electrons. The minimum Gasteiger partial charge on any atom is -0.748 e. The van der Waals surface area contributed by atoms with Crippen LogP contribution in [0.3, 0.4) is 0 Å². The Morgan fingerprint density at radius 2 is 1.84 bits per heavy atom. The van der Waals surface area contributed by atoms with E-state index in [1.165, 1.54) is 19.3 Å². The maximum Gasteiger partial charge on any atom is 1.00 e. The van der Waals surface area contributed by atoms with Gasteiger partial charge in [-0.2, -0.15) is 0 Å². The second-order valence-electron chi connectivity index (χ2n) is 13.5. The third-order valence-electron chi connectivity index (χ3n) is 11.6. The Hall–Kier alpha value is 0.300. The summed E-state index contributed by atoms with van der Waals surface area (Å²) in [5.74, 6) is 3.75. The topological polar surface area (TPSA) is 127 Å². The third-order valence-corrected chi connectivity index (χ3v) is 12.3. The molecule has 12 atom stereocenters. The van der Waals surface area contributed by atoms with Gasteiger partial charge in [0, 0.05) is 13.0 Å². The molecule has 4 aliphatic carbocycles. The molecule has 0 saturated heterocycles. The number of carbonyl (C=O) groups is 1. The van der Waals surface area contributed by atoms with Crippen molar-refractivity contribution in [2.75, 3.05) is 12.3 Å². The van der Waals surface area contributed by atoms with Gasteiger partial charge in [0.15, 0.2) is 0 Å². The summed E-state index contributed by atoms with van der Waals surface area (Å²) in [5.41, 5.74) is 0.214. The van der Waals surface area contributed by atoms with E-state index in [4.69, 9.17) is 0 Å². The fourth-order valence-electron chi connectivity index (χ4n) is 9.98. The molecule has 9 heteroatoms. The molecule has 0 aromatic carbocycles. The number of aliphatic hydroxyl groups is 2. The van der Waals surface area contributed by atoms with E-state index in [1.54, 1.807) is 0 Å². The van der Waals surface area contributed by atoms with Crippen molar-refractivity contribution >= 4 is 16.0 Å². The first kappa shape index (κ1) is 32.8. The number of aliphatic hydroxyl groups excluding tert-OH is 2. The summed E-state index contributed by atoms with van der Waals surface area (Å²) in [6, 6.07) is 0. The molecule has 4 aliphatic rings. The Balaban J connectivity index is 0.00000400. The Bertz CT molecular complexity index is 917. The fourth-order valence-corrected chi connectivity index (χ4v) is 10.3. The summed E-state index contributed by atoms with van der Waals surface area (Å²) >= 11 is 0. The van der Waals surface area contributed by atoms with Gasteiger partial charge in [-0.3, -0.25) is 4.79 Å². The largest absolute Gasteiger partial charge is 1.00 e. The van der Waals surface area contributed by atoms with Crippen LogP contribution in [0.4, 0.5) is 0 Å². The monoisotopic (exact) mass is 563 g/mol. The number of carbonyl (C=O) groups excluding carboxylic acids is 1. The van der Waals surface area contributed by atoms with Crippen LogP contribution in [0.1, 0.15) is 91.9 Å². The number of hydrogen-bond acceptors (Lipinski definition) is 6. The first-order valence-corrected chi connectivity index (χ1v) is 16.5. The van der Waals surface area contributed by atoms with Crippen molar-refractivity contribution < 1.29 is 57.5 Å². The summed E-state index contributed by atoms with van der Waals surface area (Å²) in [4.78, 5) is 12.1. The van der Waals surface area contributed by atoms with Gasteiger partial charge in [-0.25, -0.2) is 8.42 Å². The van der Waals surface area contributed by atoms with Gasteiger partial charge in [0.2, 0.25) is 5.91 Å². The van der Waals surface area contributed by atoms with Gasteiger partial charge in [-0.05, 0) is 110 Å². The number of nitrogens with one attached hydrogen (secondary N) is 1. The summed E-state index contributed by atoms with van der Waals surface area (Å²) in [5, 5.41) is 24.8. The van der Waals surface area contributed by atoms with E-state index >= 15 is 0 Å². The first-order chi connectivity index (χ1) is 17.4. The van der Waals surface area contributed by atoms with Crippen molar-refractivity contribution in [1.29, 1.82) is 0 Å². The molecule has 3 N–H and O–H groups in total. The van der Waals surface area contributed by atoms with Crippen LogP contribution in [0.5, 0.6) is 0 Å². The normalized spacial score (nSPS) is 43.2. The van der Waals surface area contributed by atoms with Crippen LogP contribution >= 0.6 is 0 Å². The fraction of sp³-hybridized carbons (Fsp3) is 0.966. The molecule has 7 nitrogen and oxygen atoms in total. The second kappa shape index (κ2) is 13.1. The molecule has 4 fully saturated rings. The molecule has 0 radical (unpaired) electrons. The molecule has 0 heterocycles. The molecule has 0 aromatic heterocycles. The van der Waals surface area contributed by atoms with E-state index in [-0.39, 0.29) is 65.6 Å². The smallest absolute Gasteiger partial charge is 0.748 e. The van der Waals surface area contributed by atoms with E-state index in [9.17, 15) is 28.0 Å². The average Bonchev–Trinajstić information content (AvgIpc) is 3.26. The van der Waals surface area contributed by atoms with Gasteiger partial charge in [0.25, 0.3) is 0 Å². The van der Waals surface area contributed by atoms with Crippen molar-refractivity contribution in [3.05, 3.63) is 0 Å². The van der Waals surface area contributed by atoms with Gasteiger partial charge in [-0.1, -0.05) is 34.1 Å². The van der Waals surface area contributed by atoms with Crippen LogP contribution in [0, 0.1) is 58.7 Å². The van der Waals surface area contributed by atoms with E-state index in [2.05, 4.69) is 33.0 Å². The SMILES string of the molecule is CC[C@H]1[C@@H](O)[C@H]2[C@@H]3CC[C@@H]([C@H](C)CCCC(=O)NCCS(=O)(=O)[O-])[C@H]3[C@H](C)C[C@@H]2[C@@]2(C)CC[C@@H](O)C[C@@H]12.[Na+]. The van der Waals surface area contributed by atoms with Crippen LogP contribution < -0.4 is 34.9 Å². The summed E-state index contributed by atoms with van der Waals surface area (Å²) in [7, 11) is -4.31. The van der Waals surface area contributed by atoms with Gasteiger partial charge in [-0.15, -0.1) is 0 Å². The van der Waals surface area contributed by atoms with E-state index in [1.807, 2.05) is 0 Å². The van der Waals surface area contributed by atoms with Crippen LogP contribution in [0.25, 0.3) is 0 Å². The molecule has 0 aromatic rings. The maximum absolute atomic E-state index is 12.1. The Morgan fingerprint density at radius 3 is 2.50 bits per heavy atom. The zero-order valence-corrected chi connectivity index (χ0v) is 27.1. The zero-order chi connectivity index (χ0) is 27.1. The molecule has 0 bridgehead atoms. The van der Waals surface area contributed by atoms with Crippen molar-refractivity contribution in [2.24, 2.45) is 58.7 Å². The summed E-state index contributed by atoms with van der Waals surface area (Å²) < 4.78 is 32.1. The maximum atomic E-state index is 12.1. The van der Waals surface area contributed by atoms with Gasteiger partial charge < -0.3 is 20.1 Å². The van der Waals surface area contributed by atoms with Crippen molar-refractivity contribution in [3.8, 4) is 0 Å². The summed E-state index contributed by atoms with van der Waals surface area (Å²) in [6.45, 7) is 9.33. The Kier molecular flexibility index (Phi) is 11.3. The standard InChI is InChI=1S/C29H51NO6S.Na/c1-5-20-23-16-19(31)11-12-29(23,4)24-15-18(3)26-21(9-10-22(26)27(24)28(20)33)17(2)7-6-8-25(32)30-13-14-37(34,35)36;/h17-24,26-28,31,33H,5-16H2,1-4H3,(H,30,32)(H,34,35,36);/q;+1/p-1/t17-,18-,19-,20-,21+,22-,23+,24+,26-,27+,28-,29+;/m1./s1. The molecular weight excluding hydrogens is 513 g/mol. The van der Waals surface area contributed by atoms with Gasteiger partial charge in [0.05, 0.1) is 28.1 Å². The van der Waals surface area contributed by atoms with Crippen LogP contribution in [-0.2, 0) is 14.9 Å². The van der Waals surface area contributed by atoms with Crippen molar-refractivity contribution in [3.63, 3.8) is 0 Å². The molecular formula is C29H50NNaO6S. The average molecular weight is 564 g/mol. The van der Waals surface area contributed by atoms with Crippen LogP contribution in [0.15, 0.2) is 0 Å². The molecule has 4 rings (SSSR count). The number of fused-ring (bicyclic) bond motifs is 5. The second-order valence-corrected chi connectivity index (χ2v) is 15.0. The molecule has 1 amide bonds. The molecule has 0 unspecified atom stereocenters. The third kappa shape index (κ3) is 6.68. The van der Waals surface area contributed by atoms with Gasteiger partial charge in [0.1, 0.15) is 0 Å². The van der Waals surface area contributed by atoms with E-state index < -0.39 is 15.9 Å². The van der Waals surface area contributed by atoms with Gasteiger partial charge >= 0.3 is 29.6 Å². The van der Waals surface area contributed by atoms with Crippen molar-refractivity contribution in [1.82, 2.24) is 5.32 Å². The molecule has 0 spiro atoms. The molecule has 4 saturated carbocycles. The zero-order valence-electron chi connectivity index (χ0n) is 24.3. The van der Waals surface area contributed by atoms with Crippen LogP contribution in [-0.4, -0.2) is 53.6 Å². The molecule has 0 aliphatic heterocycles. The summed E-state index contributed by atoms with van der Waals surface area (Å²) in [6.07, 6.45) is 8.94. The Morgan fingerprint density at radius 1 is 1.13 bits per heavy atom. The predicted octanol–water partition coefficient (Wildman–Crippen LogP) is 0.941. The number of hydrogen-bond donors (Lipinski definition) is 3. The first-order valence-electron chi connectivity index (χ1n) is 14.9. The Labute approximate surface area is 252 Å².